The van der Waals surface area contributed by atoms with Crippen molar-refractivity contribution in [3.8, 4) is 5.75 Å². The number of aromatic nitrogens is 1. The highest BCUT2D eigenvalue weighted by Gasteiger charge is 2.17. The molecule has 2 aromatic heterocycles. The fourth-order valence-electron chi connectivity index (χ4n) is 2.25. The summed E-state index contributed by atoms with van der Waals surface area (Å²) in [7, 11) is 1.67. The van der Waals surface area contributed by atoms with E-state index >= 15 is 0 Å². The quantitative estimate of drug-likeness (QED) is 0.794. The van der Waals surface area contributed by atoms with E-state index in [0.717, 1.165) is 27.0 Å². The van der Waals surface area contributed by atoms with Gasteiger partial charge in [0.15, 0.2) is 0 Å². The molecule has 0 saturated heterocycles. The first kappa shape index (κ1) is 12.1. The zero-order valence-corrected chi connectivity index (χ0v) is 11.4. The van der Waals surface area contributed by atoms with Crippen LogP contribution in [0.25, 0.3) is 10.8 Å². The summed E-state index contributed by atoms with van der Waals surface area (Å²) in [5, 5.41) is 4.24. The maximum atomic E-state index is 6.41. The van der Waals surface area contributed by atoms with Gasteiger partial charge in [-0.2, -0.15) is 0 Å². The van der Waals surface area contributed by atoms with Crippen LogP contribution in [0.5, 0.6) is 5.75 Å². The zero-order valence-electron chi connectivity index (χ0n) is 10.5. The molecular formula is C15H14N2OS. The highest BCUT2D eigenvalue weighted by atomic mass is 32.1. The van der Waals surface area contributed by atoms with Crippen molar-refractivity contribution in [1.82, 2.24) is 4.98 Å². The summed E-state index contributed by atoms with van der Waals surface area (Å²) in [4.78, 5) is 5.24. The van der Waals surface area contributed by atoms with Gasteiger partial charge in [-0.3, -0.25) is 4.98 Å². The number of fused-ring (bicyclic) bond motifs is 1. The van der Waals surface area contributed by atoms with Crippen LogP contribution in [0.15, 0.2) is 48.1 Å². The van der Waals surface area contributed by atoms with Gasteiger partial charge in [-0.15, -0.1) is 11.3 Å². The molecule has 0 aliphatic rings. The largest absolute Gasteiger partial charge is 0.496 e. The molecule has 1 atom stereocenters. The van der Waals surface area contributed by atoms with Gasteiger partial charge in [0.2, 0.25) is 0 Å². The summed E-state index contributed by atoms with van der Waals surface area (Å²) >= 11 is 1.62. The average Bonchev–Trinajstić information content (AvgIpc) is 2.94. The lowest BCUT2D eigenvalue weighted by molar-refractivity contribution is 0.411. The van der Waals surface area contributed by atoms with Crippen molar-refractivity contribution in [2.45, 2.75) is 6.04 Å². The van der Waals surface area contributed by atoms with Gasteiger partial charge in [0.05, 0.1) is 18.0 Å². The lowest BCUT2D eigenvalue weighted by Crippen LogP contribution is -2.11. The second-order valence-corrected chi connectivity index (χ2v) is 5.22. The molecule has 19 heavy (non-hydrogen) atoms. The van der Waals surface area contributed by atoms with E-state index < -0.39 is 0 Å². The molecular weight excluding hydrogens is 256 g/mol. The number of nitrogens with two attached hydrogens (primary N) is 1. The Morgan fingerprint density at radius 3 is 3.00 bits per heavy atom. The molecule has 96 valence electrons. The predicted molar refractivity (Wildman–Crippen MR) is 78.6 cm³/mol. The van der Waals surface area contributed by atoms with Crippen LogP contribution in [0, 0.1) is 0 Å². The molecule has 0 saturated carbocycles. The van der Waals surface area contributed by atoms with Gasteiger partial charge in [0, 0.05) is 17.8 Å². The van der Waals surface area contributed by atoms with E-state index in [0.29, 0.717) is 0 Å². The Hall–Kier alpha value is -1.91. The number of hydrogen-bond donors (Lipinski definition) is 1. The smallest absolute Gasteiger partial charge is 0.134 e. The molecule has 0 aliphatic carbocycles. The van der Waals surface area contributed by atoms with Crippen molar-refractivity contribution < 1.29 is 4.74 Å². The standard InChI is InChI=1S/C15H14N2OS/c1-18-13-6-8-19-15(13)14(16)11-4-2-3-10-5-7-17-9-12(10)11/h2-9,14H,16H2,1H3. The second-order valence-electron chi connectivity index (χ2n) is 4.27. The van der Waals surface area contributed by atoms with Crippen LogP contribution < -0.4 is 10.5 Å². The first-order valence-electron chi connectivity index (χ1n) is 6.01. The molecule has 2 heterocycles. The van der Waals surface area contributed by atoms with E-state index in [-0.39, 0.29) is 6.04 Å². The third-order valence-electron chi connectivity index (χ3n) is 3.21. The number of ether oxygens (including phenoxy) is 1. The lowest BCUT2D eigenvalue weighted by atomic mass is 9.99. The van der Waals surface area contributed by atoms with Crippen molar-refractivity contribution in [2.75, 3.05) is 7.11 Å². The summed E-state index contributed by atoms with van der Waals surface area (Å²) in [5.41, 5.74) is 7.48. The Morgan fingerprint density at radius 1 is 1.26 bits per heavy atom. The summed E-state index contributed by atoms with van der Waals surface area (Å²) in [6.07, 6.45) is 3.66. The molecule has 1 unspecified atom stereocenters. The fourth-order valence-corrected chi connectivity index (χ4v) is 3.13. The van der Waals surface area contributed by atoms with E-state index in [1.54, 1.807) is 24.6 Å². The third-order valence-corrected chi connectivity index (χ3v) is 4.19. The SMILES string of the molecule is COc1ccsc1C(N)c1cccc2ccncc12. The first-order chi connectivity index (χ1) is 9.31. The minimum atomic E-state index is -0.192. The lowest BCUT2D eigenvalue weighted by Gasteiger charge is -2.14. The van der Waals surface area contributed by atoms with Crippen LogP contribution in [0.4, 0.5) is 0 Å². The maximum Gasteiger partial charge on any atom is 0.134 e. The molecule has 3 aromatic rings. The molecule has 0 radical (unpaired) electrons. The van der Waals surface area contributed by atoms with Gasteiger partial charge in [0.1, 0.15) is 5.75 Å². The number of nitrogens with zero attached hydrogens (tertiary/aromatic N) is 1. The van der Waals surface area contributed by atoms with Crippen molar-refractivity contribution in [3.63, 3.8) is 0 Å². The molecule has 0 amide bonds. The van der Waals surface area contributed by atoms with E-state index in [4.69, 9.17) is 10.5 Å². The Morgan fingerprint density at radius 2 is 2.16 bits per heavy atom. The third kappa shape index (κ3) is 2.09. The number of rotatable bonds is 3. The molecule has 1 aromatic carbocycles. The molecule has 3 nitrogen and oxygen atoms in total. The van der Waals surface area contributed by atoms with Gasteiger partial charge < -0.3 is 10.5 Å². The molecule has 3 rings (SSSR count). The summed E-state index contributed by atoms with van der Waals surface area (Å²) in [6.45, 7) is 0. The van der Waals surface area contributed by atoms with Crippen molar-refractivity contribution >= 4 is 22.1 Å². The Kier molecular flexibility index (Phi) is 3.19. The Bertz CT molecular complexity index is 703. The molecule has 0 aliphatic heterocycles. The topological polar surface area (TPSA) is 48.1 Å². The van der Waals surface area contributed by atoms with E-state index in [2.05, 4.69) is 11.1 Å². The molecule has 0 fully saturated rings. The van der Waals surface area contributed by atoms with Crippen molar-refractivity contribution in [3.05, 3.63) is 58.5 Å². The van der Waals surface area contributed by atoms with Crippen LogP contribution in [-0.4, -0.2) is 12.1 Å². The molecule has 4 heteroatoms. The van der Waals surface area contributed by atoms with Crippen molar-refractivity contribution in [1.29, 1.82) is 0 Å². The van der Waals surface area contributed by atoms with Crippen molar-refractivity contribution in [2.24, 2.45) is 5.73 Å². The number of thiophene rings is 1. The Labute approximate surface area is 115 Å². The minimum absolute atomic E-state index is 0.192. The van der Waals surface area contributed by atoms with Gasteiger partial charge in [-0.25, -0.2) is 0 Å². The Balaban J connectivity index is 2.14. The number of hydrogen-bond acceptors (Lipinski definition) is 4. The van der Waals surface area contributed by atoms with Crippen LogP contribution in [0.3, 0.4) is 0 Å². The summed E-state index contributed by atoms with van der Waals surface area (Å²) in [6, 6.07) is 9.90. The number of methoxy groups -OCH3 is 1. The van der Waals surface area contributed by atoms with Crippen LogP contribution in [-0.2, 0) is 0 Å². The highest BCUT2D eigenvalue weighted by molar-refractivity contribution is 7.10. The highest BCUT2D eigenvalue weighted by Crippen LogP contribution is 2.35. The van der Waals surface area contributed by atoms with Gasteiger partial charge in [-0.05, 0) is 28.5 Å². The summed E-state index contributed by atoms with van der Waals surface area (Å²) < 4.78 is 5.35. The molecule has 0 spiro atoms. The van der Waals surface area contributed by atoms with Gasteiger partial charge in [0.25, 0.3) is 0 Å². The van der Waals surface area contributed by atoms with Crippen LogP contribution in [0.1, 0.15) is 16.5 Å². The van der Waals surface area contributed by atoms with E-state index in [9.17, 15) is 0 Å². The maximum absolute atomic E-state index is 6.41. The minimum Gasteiger partial charge on any atom is -0.496 e. The summed E-state index contributed by atoms with van der Waals surface area (Å²) in [5.74, 6) is 0.846. The number of benzene rings is 1. The van der Waals surface area contributed by atoms with Crippen LogP contribution >= 0.6 is 11.3 Å². The average molecular weight is 270 g/mol. The first-order valence-corrected chi connectivity index (χ1v) is 6.89. The van der Waals surface area contributed by atoms with Gasteiger partial charge in [-0.1, -0.05) is 18.2 Å². The number of pyridine rings is 1. The molecule has 0 bridgehead atoms. The van der Waals surface area contributed by atoms with E-state index in [1.807, 2.05) is 35.8 Å². The normalized spacial score (nSPS) is 12.5. The van der Waals surface area contributed by atoms with E-state index in [1.165, 1.54) is 0 Å². The zero-order chi connectivity index (χ0) is 13.2. The molecule has 2 N–H and O–H groups in total. The monoisotopic (exact) mass is 270 g/mol. The second kappa shape index (κ2) is 4.99. The van der Waals surface area contributed by atoms with Gasteiger partial charge >= 0.3 is 0 Å². The van der Waals surface area contributed by atoms with Crippen LogP contribution in [0.2, 0.25) is 0 Å². The predicted octanol–water partition coefficient (Wildman–Crippen LogP) is 3.35. The fraction of sp³-hybridized carbons (Fsp3) is 0.133.